The summed E-state index contributed by atoms with van der Waals surface area (Å²) in [5.41, 5.74) is 0.705. The molecule has 1 saturated heterocycles. The highest BCUT2D eigenvalue weighted by Crippen LogP contribution is 2.37. The molecule has 1 aromatic carbocycles. The predicted octanol–water partition coefficient (Wildman–Crippen LogP) is 3.38. The normalized spacial score (nSPS) is 18.7. The lowest BCUT2D eigenvalue weighted by Gasteiger charge is -2.19. The SMILES string of the molecule is NS(=O)(=O)c1ccc(-c2ccc(C=C3SC(=S)N(Cc4ccco4)C3O)o2)cc1. The van der Waals surface area contributed by atoms with E-state index in [4.69, 9.17) is 26.2 Å². The third-order valence-electron chi connectivity index (χ3n) is 4.27. The van der Waals surface area contributed by atoms with Crippen LogP contribution in [-0.4, -0.2) is 29.0 Å². The zero-order chi connectivity index (χ0) is 20.6. The number of hydrogen-bond acceptors (Lipinski definition) is 7. The molecule has 4 rings (SSSR count). The van der Waals surface area contributed by atoms with Gasteiger partial charge in [0.05, 0.1) is 17.7 Å². The van der Waals surface area contributed by atoms with Gasteiger partial charge < -0.3 is 18.8 Å². The highest BCUT2D eigenvalue weighted by Gasteiger charge is 2.33. The van der Waals surface area contributed by atoms with Gasteiger partial charge in [-0.15, -0.1) is 0 Å². The van der Waals surface area contributed by atoms with E-state index in [1.54, 1.807) is 47.6 Å². The second-order valence-corrected chi connectivity index (χ2v) is 9.54. The van der Waals surface area contributed by atoms with Crippen molar-refractivity contribution in [2.45, 2.75) is 17.7 Å². The van der Waals surface area contributed by atoms with E-state index in [2.05, 4.69) is 0 Å². The van der Waals surface area contributed by atoms with Crippen molar-refractivity contribution >= 4 is 44.4 Å². The number of thiocarbonyl (C=S) groups is 1. The molecule has 3 aromatic rings. The van der Waals surface area contributed by atoms with Gasteiger partial charge in [-0.1, -0.05) is 24.0 Å². The highest BCUT2D eigenvalue weighted by atomic mass is 32.2. The maximum absolute atomic E-state index is 11.4. The smallest absolute Gasteiger partial charge is 0.238 e. The van der Waals surface area contributed by atoms with Crippen LogP contribution < -0.4 is 5.14 Å². The van der Waals surface area contributed by atoms with E-state index in [-0.39, 0.29) is 4.90 Å². The van der Waals surface area contributed by atoms with E-state index >= 15 is 0 Å². The second kappa shape index (κ2) is 7.81. The molecule has 0 amide bonds. The molecule has 150 valence electrons. The molecule has 29 heavy (non-hydrogen) atoms. The maximum Gasteiger partial charge on any atom is 0.238 e. The minimum Gasteiger partial charge on any atom is -0.467 e. The summed E-state index contributed by atoms with van der Waals surface area (Å²) in [4.78, 5) is 2.35. The fraction of sp³-hybridized carbons (Fsp3) is 0.105. The van der Waals surface area contributed by atoms with Crippen LogP contribution in [0.2, 0.25) is 0 Å². The molecule has 7 nitrogen and oxygen atoms in total. The van der Waals surface area contributed by atoms with Gasteiger partial charge in [0.25, 0.3) is 0 Å². The first-order chi connectivity index (χ1) is 13.8. The molecule has 0 saturated carbocycles. The number of nitrogens with two attached hydrogens (primary N) is 1. The van der Waals surface area contributed by atoms with Gasteiger partial charge in [0.2, 0.25) is 10.0 Å². The number of furan rings is 2. The maximum atomic E-state index is 11.4. The van der Waals surface area contributed by atoms with Crippen LogP contribution in [0.4, 0.5) is 0 Å². The van der Waals surface area contributed by atoms with Crippen molar-refractivity contribution in [3.63, 3.8) is 0 Å². The number of nitrogens with zero attached hydrogens (tertiary/aromatic N) is 1. The standard InChI is InChI=1S/C19H16N2O5S3/c20-29(23,24)15-6-3-12(4-7-15)16-8-5-13(26-16)10-17-18(22)21(19(27)28-17)11-14-2-1-9-25-14/h1-10,18,22H,11H2,(H2,20,23,24). The van der Waals surface area contributed by atoms with E-state index in [9.17, 15) is 13.5 Å². The summed E-state index contributed by atoms with van der Waals surface area (Å²) in [7, 11) is -3.74. The fourth-order valence-electron chi connectivity index (χ4n) is 2.83. The molecule has 3 heterocycles. The minimum atomic E-state index is -3.74. The minimum absolute atomic E-state index is 0.0331. The Morgan fingerprint density at radius 3 is 2.62 bits per heavy atom. The summed E-state index contributed by atoms with van der Waals surface area (Å²) in [5.74, 6) is 1.81. The van der Waals surface area contributed by atoms with Crippen LogP contribution >= 0.6 is 24.0 Å². The zero-order valence-corrected chi connectivity index (χ0v) is 17.3. The van der Waals surface area contributed by atoms with Gasteiger partial charge in [-0.2, -0.15) is 0 Å². The number of aliphatic hydroxyl groups excluding tert-OH is 1. The van der Waals surface area contributed by atoms with Crippen molar-refractivity contribution < 1.29 is 22.4 Å². The summed E-state index contributed by atoms with van der Waals surface area (Å²) >= 11 is 6.66. The average molecular weight is 449 g/mol. The Kier molecular flexibility index (Phi) is 5.36. The number of thioether (sulfide) groups is 1. The summed E-state index contributed by atoms with van der Waals surface area (Å²) in [6.45, 7) is 0.372. The topological polar surface area (TPSA) is 110 Å². The van der Waals surface area contributed by atoms with Crippen LogP contribution in [0.1, 0.15) is 11.5 Å². The van der Waals surface area contributed by atoms with Crippen molar-refractivity contribution in [2.75, 3.05) is 0 Å². The van der Waals surface area contributed by atoms with Crippen LogP contribution in [0.25, 0.3) is 17.4 Å². The lowest BCUT2D eigenvalue weighted by Crippen LogP contribution is -2.31. The number of sulfonamides is 1. The summed E-state index contributed by atoms with van der Waals surface area (Å²) in [5, 5.41) is 15.7. The van der Waals surface area contributed by atoms with Crippen molar-refractivity contribution in [1.82, 2.24) is 4.90 Å². The molecule has 0 bridgehead atoms. The molecule has 1 aliphatic heterocycles. The average Bonchev–Trinajstić information content (AvgIpc) is 3.40. The Labute approximate surface area is 176 Å². The zero-order valence-electron chi connectivity index (χ0n) is 14.9. The van der Waals surface area contributed by atoms with E-state index in [0.29, 0.717) is 38.6 Å². The molecule has 1 fully saturated rings. The van der Waals surface area contributed by atoms with Gasteiger partial charge >= 0.3 is 0 Å². The van der Waals surface area contributed by atoms with Crippen LogP contribution in [0.5, 0.6) is 0 Å². The number of benzene rings is 1. The first kappa shape index (κ1) is 19.9. The van der Waals surface area contributed by atoms with Crippen LogP contribution in [0.3, 0.4) is 0 Å². The molecule has 1 unspecified atom stereocenters. The van der Waals surface area contributed by atoms with Crippen LogP contribution in [-0.2, 0) is 16.6 Å². The third kappa shape index (κ3) is 4.31. The number of hydrogen-bond donors (Lipinski definition) is 2. The summed E-state index contributed by atoms with van der Waals surface area (Å²) < 4.78 is 34.4. The number of rotatable bonds is 5. The van der Waals surface area contributed by atoms with E-state index in [1.807, 2.05) is 6.07 Å². The van der Waals surface area contributed by atoms with Crippen molar-refractivity contribution in [3.05, 3.63) is 71.2 Å². The molecule has 0 spiro atoms. The number of primary sulfonamides is 1. The molecule has 1 aliphatic rings. The van der Waals surface area contributed by atoms with Gasteiger partial charge in [0.15, 0.2) is 6.23 Å². The van der Waals surface area contributed by atoms with E-state index in [1.165, 1.54) is 23.9 Å². The molecule has 2 aromatic heterocycles. The van der Waals surface area contributed by atoms with E-state index in [0.717, 1.165) is 0 Å². The van der Waals surface area contributed by atoms with Gasteiger partial charge in [-0.3, -0.25) is 0 Å². The van der Waals surface area contributed by atoms with Gasteiger partial charge in [0.1, 0.15) is 21.6 Å². The Balaban J connectivity index is 1.52. The highest BCUT2D eigenvalue weighted by molar-refractivity contribution is 8.25. The van der Waals surface area contributed by atoms with E-state index < -0.39 is 16.3 Å². The largest absolute Gasteiger partial charge is 0.467 e. The van der Waals surface area contributed by atoms with Crippen molar-refractivity contribution in [1.29, 1.82) is 0 Å². The summed E-state index contributed by atoms with van der Waals surface area (Å²) in [6.07, 6.45) is 2.41. The predicted molar refractivity (Wildman–Crippen MR) is 114 cm³/mol. The summed E-state index contributed by atoms with van der Waals surface area (Å²) in [6, 6.07) is 13.2. The van der Waals surface area contributed by atoms with Crippen molar-refractivity contribution in [2.24, 2.45) is 5.14 Å². The first-order valence-electron chi connectivity index (χ1n) is 8.45. The lowest BCUT2D eigenvalue weighted by molar-refractivity contribution is 0.0927. The Morgan fingerprint density at radius 2 is 1.97 bits per heavy atom. The molecule has 0 radical (unpaired) electrons. The molecule has 3 N–H and O–H groups in total. The number of aliphatic hydroxyl groups is 1. The van der Waals surface area contributed by atoms with Gasteiger partial charge in [0, 0.05) is 10.5 Å². The van der Waals surface area contributed by atoms with Crippen molar-refractivity contribution in [3.8, 4) is 11.3 Å². The van der Waals surface area contributed by atoms with Gasteiger partial charge in [-0.05, 0) is 54.6 Å². The Hall–Kier alpha value is -2.37. The monoisotopic (exact) mass is 448 g/mol. The fourth-order valence-corrected chi connectivity index (χ4v) is 4.69. The molecule has 10 heteroatoms. The Bertz CT molecular complexity index is 1160. The van der Waals surface area contributed by atoms with Crippen LogP contribution in [0.15, 0.2) is 73.4 Å². The quantitative estimate of drug-likeness (QED) is 0.572. The molecule has 1 atom stereocenters. The molecular formula is C19H16N2O5S3. The Morgan fingerprint density at radius 1 is 1.21 bits per heavy atom. The van der Waals surface area contributed by atoms with Crippen LogP contribution in [0, 0.1) is 0 Å². The third-order valence-corrected chi connectivity index (χ3v) is 6.66. The molecular weight excluding hydrogens is 432 g/mol. The molecule has 0 aliphatic carbocycles. The first-order valence-corrected chi connectivity index (χ1v) is 11.2. The lowest BCUT2D eigenvalue weighted by atomic mass is 10.2. The van der Waals surface area contributed by atoms with Gasteiger partial charge in [-0.25, -0.2) is 13.6 Å². The second-order valence-electron chi connectivity index (χ2n) is 6.27.